The summed E-state index contributed by atoms with van der Waals surface area (Å²) in [7, 11) is 1.71. The summed E-state index contributed by atoms with van der Waals surface area (Å²) in [4.78, 5) is 0. The van der Waals surface area contributed by atoms with Gasteiger partial charge in [-0.3, -0.25) is 0 Å². The highest BCUT2D eigenvalue weighted by Gasteiger charge is 2.22. The molecule has 2 nitrogen and oxygen atoms in total. The van der Waals surface area contributed by atoms with Crippen molar-refractivity contribution in [2.45, 2.75) is 32.2 Å². The molecule has 1 aliphatic heterocycles. The predicted molar refractivity (Wildman–Crippen MR) is 83.6 cm³/mol. The van der Waals surface area contributed by atoms with Crippen LogP contribution in [0.4, 0.5) is 5.69 Å². The van der Waals surface area contributed by atoms with Crippen molar-refractivity contribution >= 4 is 5.69 Å². The minimum atomic E-state index is 0.373. The molecule has 2 aromatic carbocycles. The van der Waals surface area contributed by atoms with E-state index in [0.717, 1.165) is 12.2 Å². The van der Waals surface area contributed by atoms with E-state index in [9.17, 15) is 0 Å². The molecule has 2 heteroatoms. The van der Waals surface area contributed by atoms with Gasteiger partial charge in [-0.1, -0.05) is 38.1 Å². The van der Waals surface area contributed by atoms with Gasteiger partial charge in [-0.25, -0.2) is 0 Å². The molecular formula is C18H21NO. The minimum absolute atomic E-state index is 0.373. The highest BCUT2D eigenvalue weighted by molar-refractivity contribution is 5.60. The number of nitrogens with one attached hydrogen (secondary N) is 1. The molecule has 0 aliphatic carbocycles. The predicted octanol–water partition coefficient (Wildman–Crippen LogP) is 4.53. The monoisotopic (exact) mass is 267 g/mol. The molecule has 2 aromatic rings. The number of ether oxygens (including phenoxy) is 1. The molecule has 0 radical (unpaired) electrons. The van der Waals surface area contributed by atoms with E-state index in [-0.39, 0.29) is 0 Å². The Morgan fingerprint density at radius 2 is 1.85 bits per heavy atom. The van der Waals surface area contributed by atoms with Gasteiger partial charge in [-0.05, 0) is 47.2 Å². The lowest BCUT2D eigenvalue weighted by molar-refractivity contribution is 0.414. The van der Waals surface area contributed by atoms with Crippen molar-refractivity contribution < 1.29 is 4.74 Å². The van der Waals surface area contributed by atoms with E-state index in [4.69, 9.17) is 4.74 Å². The number of methoxy groups -OCH3 is 1. The standard InChI is InChI=1S/C18H21NO/c1-12(2)13-4-6-14(7-5-13)18-11-15-10-16(20-3)8-9-17(15)19-18/h4-10,12,18-19H,11H2,1-3H3. The van der Waals surface area contributed by atoms with Gasteiger partial charge in [0, 0.05) is 5.69 Å². The Balaban J connectivity index is 1.80. The van der Waals surface area contributed by atoms with Crippen molar-refractivity contribution in [2.75, 3.05) is 12.4 Å². The molecule has 1 heterocycles. The van der Waals surface area contributed by atoms with E-state index in [1.54, 1.807) is 7.11 Å². The molecule has 1 N–H and O–H groups in total. The lowest BCUT2D eigenvalue weighted by Gasteiger charge is -2.13. The molecule has 1 unspecified atom stereocenters. The van der Waals surface area contributed by atoms with Crippen molar-refractivity contribution in [3.8, 4) is 5.75 Å². The summed E-state index contributed by atoms with van der Waals surface area (Å²) in [6.45, 7) is 4.45. The van der Waals surface area contributed by atoms with Crippen molar-refractivity contribution in [2.24, 2.45) is 0 Å². The Bertz CT molecular complexity index is 601. The fourth-order valence-corrected chi connectivity index (χ4v) is 2.78. The number of anilines is 1. The zero-order valence-electron chi connectivity index (χ0n) is 12.3. The third-order valence-corrected chi connectivity index (χ3v) is 4.07. The summed E-state index contributed by atoms with van der Waals surface area (Å²) in [5.41, 5.74) is 5.31. The van der Waals surface area contributed by atoms with Crippen LogP contribution in [0.2, 0.25) is 0 Å². The van der Waals surface area contributed by atoms with E-state index >= 15 is 0 Å². The van der Waals surface area contributed by atoms with Gasteiger partial charge in [-0.2, -0.15) is 0 Å². The zero-order valence-corrected chi connectivity index (χ0v) is 12.3. The van der Waals surface area contributed by atoms with Crippen LogP contribution in [0.5, 0.6) is 5.75 Å². The molecule has 0 saturated carbocycles. The Hall–Kier alpha value is -1.96. The molecule has 3 rings (SSSR count). The maximum absolute atomic E-state index is 5.29. The average Bonchev–Trinajstić information content (AvgIpc) is 2.90. The summed E-state index contributed by atoms with van der Waals surface area (Å²) in [5.74, 6) is 1.52. The molecule has 104 valence electrons. The second-order valence-corrected chi connectivity index (χ2v) is 5.75. The molecule has 0 fully saturated rings. The van der Waals surface area contributed by atoms with E-state index in [2.05, 4.69) is 55.6 Å². The largest absolute Gasteiger partial charge is 0.497 e. The third kappa shape index (κ3) is 2.38. The quantitative estimate of drug-likeness (QED) is 0.882. The summed E-state index contributed by atoms with van der Waals surface area (Å²) in [6, 6.07) is 15.6. The smallest absolute Gasteiger partial charge is 0.119 e. The van der Waals surface area contributed by atoms with Crippen LogP contribution in [-0.2, 0) is 6.42 Å². The summed E-state index contributed by atoms with van der Waals surface area (Å²) in [6.07, 6.45) is 1.02. The van der Waals surface area contributed by atoms with Gasteiger partial charge in [0.25, 0.3) is 0 Å². The molecular weight excluding hydrogens is 246 g/mol. The van der Waals surface area contributed by atoms with Gasteiger partial charge in [0.15, 0.2) is 0 Å². The first-order valence-electron chi connectivity index (χ1n) is 7.20. The van der Waals surface area contributed by atoms with Gasteiger partial charge in [0.2, 0.25) is 0 Å². The first-order chi connectivity index (χ1) is 9.67. The van der Waals surface area contributed by atoms with Gasteiger partial charge in [0.05, 0.1) is 13.2 Å². The molecule has 0 bridgehead atoms. The minimum Gasteiger partial charge on any atom is -0.497 e. The van der Waals surface area contributed by atoms with Crippen LogP contribution in [0, 0.1) is 0 Å². The molecule has 0 saturated heterocycles. The molecule has 20 heavy (non-hydrogen) atoms. The Morgan fingerprint density at radius 3 is 2.50 bits per heavy atom. The fourth-order valence-electron chi connectivity index (χ4n) is 2.78. The van der Waals surface area contributed by atoms with E-state index in [1.165, 1.54) is 22.4 Å². The van der Waals surface area contributed by atoms with Crippen LogP contribution in [0.15, 0.2) is 42.5 Å². The Morgan fingerprint density at radius 1 is 1.10 bits per heavy atom. The van der Waals surface area contributed by atoms with Crippen LogP contribution in [-0.4, -0.2) is 7.11 Å². The van der Waals surface area contributed by atoms with E-state index < -0.39 is 0 Å². The molecule has 0 aromatic heterocycles. The van der Waals surface area contributed by atoms with Gasteiger partial charge >= 0.3 is 0 Å². The van der Waals surface area contributed by atoms with Crippen molar-refractivity contribution in [3.05, 3.63) is 59.2 Å². The van der Waals surface area contributed by atoms with Gasteiger partial charge in [0.1, 0.15) is 5.75 Å². The van der Waals surface area contributed by atoms with Crippen LogP contribution in [0.3, 0.4) is 0 Å². The summed E-state index contributed by atoms with van der Waals surface area (Å²) >= 11 is 0. The average molecular weight is 267 g/mol. The zero-order chi connectivity index (χ0) is 14.1. The topological polar surface area (TPSA) is 21.3 Å². The molecule has 0 spiro atoms. The molecule has 1 aliphatic rings. The van der Waals surface area contributed by atoms with Crippen LogP contribution in [0.1, 0.15) is 42.5 Å². The lowest BCUT2D eigenvalue weighted by atomic mass is 9.98. The first-order valence-corrected chi connectivity index (χ1v) is 7.20. The van der Waals surface area contributed by atoms with Crippen LogP contribution >= 0.6 is 0 Å². The van der Waals surface area contributed by atoms with E-state index in [0.29, 0.717) is 12.0 Å². The van der Waals surface area contributed by atoms with Crippen LogP contribution < -0.4 is 10.1 Å². The fraction of sp³-hybridized carbons (Fsp3) is 0.333. The maximum atomic E-state index is 5.29. The first kappa shape index (κ1) is 13.0. The van der Waals surface area contributed by atoms with E-state index in [1.807, 2.05) is 6.07 Å². The number of rotatable bonds is 3. The Labute approximate surface area is 120 Å². The number of fused-ring (bicyclic) bond motifs is 1. The highest BCUT2D eigenvalue weighted by atomic mass is 16.5. The SMILES string of the molecule is COc1ccc2c(c1)CC(c1ccc(C(C)C)cc1)N2. The summed E-state index contributed by atoms with van der Waals surface area (Å²) < 4.78 is 5.29. The number of hydrogen-bond acceptors (Lipinski definition) is 2. The third-order valence-electron chi connectivity index (χ3n) is 4.07. The van der Waals surface area contributed by atoms with Crippen molar-refractivity contribution in [3.63, 3.8) is 0 Å². The molecule has 1 atom stereocenters. The van der Waals surface area contributed by atoms with Gasteiger partial charge < -0.3 is 10.1 Å². The maximum Gasteiger partial charge on any atom is 0.119 e. The normalized spacial score (nSPS) is 16.9. The summed E-state index contributed by atoms with van der Waals surface area (Å²) in [5, 5.41) is 3.60. The Kier molecular flexibility index (Phi) is 3.39. The number of benzene rings is 2. The van der Waals surface area contributed by atoms with Crippen molar-refractivity contribution in [1.82, 2.24) is 0 Å². The second-order valence-electron chi connectivity index (χ2n) is 5.75. The second kappa shape index (κ2) is 5.20. The highest BCUT2D eigenvalue weighted by Crippen LogP contribution is 2.36. The van der Waals surface area contributed by atoms with Crippen LogP contribution in [0.25, 0.3) is 0 Å². The number of hydrogen-bond donors (Lipinski definition) is 1. The van der Waals surface area contributed by atoms with Crippen molar-refractivity contribution in [1.29, 1.82) is 0 Å². The molecule has 0 amide bonds. The van der Waals surface area contributed by atoms with Gasteiger partial charge in [-0.15, -0.1) is 0 Å². The lowest BCUT2D eigenvalue weighted by Crippen LogP contribution is -2.05.